The average molecular weight is 1370 g/mol. The Morgan fingerprint density at radius 3 is 0.763 bits per heavy atom. The zero-order valence-corrected chi connectivity index (χ0v) is 62.7. The normalized spacial score (nSPS) is 14.8. The van der Waals surface area contributed by atoms with Gasteiger partial charge in [-0.1, -0.05) is 319 Å². The first-order valence-corrected chi connectivity index (χ1v) is 41.3. The molecule has 0 aliphatic heterocycles. The molecule has 4 unspecified atom stereocenters. The molecule has 7 atom stereocenters. The predicted octanol–water partition coefficient (Wildman–Crippen LogP) is 21.3. The van der Waals surface area contributed by atoms with Crippen molar-refractivity contribution in [2.24, 2.45) is 23.7 Å². The van der Waals surface area contributed by atoms with Crippen molar-refractivity contribution in [2.45, 2.75) is 388 Å². The van der Waals surface area contributed by atoms with Gasteiger partial charge in [0.05, 0.1) is 26.4 Å². The molecular weight excluding hydrogens is 1220 g/mol. The average Bonchev–Trinajstić information content (AvgIpc) is 2.65. The summed E-state index contributed by atoms with van der Waals surface area (Å²) in [5, 5.41) is 10.6. The van der Waals surface area contributed by atoms with Crippen LogP contribution < -0.4 is 0 Å². The number of carbonyl (C=O) groups is 4. The Morgan fingerprint density at radius 1 is 0.301 bits per heavy atom. The van der Waals surface area contributed by atoms with Crippen LogP contribution in [0.5, 0.6) is 0 Å². The van der Waals surface area contributed by atoms with Crippen LogP contribution in [-0.4, -0.2) is 96.7 Å². The monoisotopic (exact) mass is 1370 g/mol. The minimum atomic E-state index is -4.96. The topological polar surface area (TPSA) is 237 Å². The number of esters is 4. The van der Waals surface area contributed by atoms with E-state index in [0.717, 1.165) is 120 Å². The van der Waals surface area contributed by atoms with Gasteiger partial charge in [-0.2, -0.15) is 0 Å². The number of hydrogen-bond acceptors (Lipinski definition) is 15. The number of phosphoric acid groups is 2. The van der Waals surface area contributed by atoms with Gasteiger partial charge in [0, 0.05) is 25.7 Å². The summed E-state index contributed by atoms with van der Waals surface area (Å²) in [6, 6.07) is 0. The van der Waals surface area contributed by atoms with Crippen LogP contribution in [0.2, 0.25) is 0 Å². The minimum absolute atomic E-state index is 0.105. The Hall–Kier alpha value is -1.94. The van der Waals surface area contributed by atoms with Crippen LogP contribution >= 0.6 is 15.6 Å². The Labute approximate surface area is 568 Å². The van der Waals surface area contributed by atoms with Crippen molar-refractivity contribution in [1.29, 1.82) is 0 Å². The lowest BCUT2D eigenvalue weighted by Gasteiger charge is -2.21. The molecule has 0 saturated carbocycles. The van der Waals surface area contributed by atoms with Crippen LogP contribution in [0.3, 0.4) is 0 Å². The Kier molecular flexibility index (Phi) is 62.2. The molecule has 0 amide bonds. The molecule has 0 aliphatic rings. The van der Waals surface area contributed by atoms with E-state index in [1.807, 2.05) is 0 Å². The second-order valence-electron chi connectivity index (χ2n) is 28.1. The third-order valence-electron chi connectivity index (χ3n) is 17.8. The van der Waals surface area contributed by atoms with Crippen molar-refractivity contribution in [3.05, 3.63) is 0 Å². The van der Waals surface area contributed by atoms with Crippen LogP contribution in [0.25, 0.3) is 0 Å². The van der Waals surface area contributed by atoms with Crippen LogP contribution in [0.1, 0.15) is 370 Å². The molecule has 0 rings (SSSR count). The third kappa shape index (κ3) is 65.8. The molecule has 0 aromatic carbocycles. The number of ether oxygens (including phenoxy) is 4. The predicted molar refractivity (Wildman–Crippen MR) is 377 cm³/mol. The maximum absolute atomic E-state index is 13.1. The molecule has 552 valence electrons. The van der Waals surface area contributed by atoms with E-state index in [9.17, 15) is 43.2 Å². The van der Waals surface area contributed by atoms with Crippen molar-refractivity contribution in [1.82, 2.24) is 0 Å². The first-order chi connectivity index (χ1) is 44.7. The fraction of sp³-hybridized carbons (Fsp3) is 0.946. The van der Waals surface area contributed by atoms with Crippen molar-refractivity contribution in [3.8, 4) is 0 Å². The molecule has 0 saturated heterocycles. The zero-order chi connectivity index (χ0) is 68.9. The second kappa shape index (κ2) is 63.5. The SMILES string of the molecule is CCC(C)CCCCCCCCCCCCCCCCC(=O)O[C@H](COC(=O)CCCCCCCCCCC(C)C)COP(=O)(O)OC[C@@H](O)COP(=O)(O)OC[C@@H](COC(=O)CCCCCCCCC(C)CC)OC(=O)CCCCCCCCCCCCCC(C)C. The molecule has 0 aromatic rings. The summed E-state index contributed by atoms with van der Waals surface area (Å²) in [7, 11) is -9.91. The lowest BCUT2D eigenvalue weighted by atomic mass is 9.99. The summed E-state index contributed by atoms with van der Waals surface area (Å²) < 4.78 is 68.4. The Morgan fingerprint density at radius 2 is 0.516 bits per heavy atom. The van der Waals surface area contributed by atoms with Gasteiger partial charge in [0.1, 0.15) is 19.3 Å². The molecule has 0 spiro atoms. The van der Waals surface area contributed by atoms with E-state index in [4.69, 9.17) is 37.0 Å². The molecular formula is C74H144O17P2. The summed E-state index contributed by atoms with van der Waals surface area (Å²) in [5.41, 5.74) is 0. The maximum Gasteiger partial charge on any atom is 0.472 e. The van der Waals surface area contributed by atoms with Gasteiger partial charge in [-0.05, 0) is 49.4 Å². The number of aliphatic hydroxyl groups is 1. The minimum Gasteiger partial charge on any atom is -0.462 e. The van der Waals surface area contributed by atoms with E-state index < -0.39 is 97.5 Å². The van der Waals surface area contributed by atoms with Crippen molar-refractivity contribution < 1.29 is 80.2 Å². The van der Waals surface area contributed by atoms with Crippen LogP contribution in [0.4, 0.5) is 0 Å². The quantitative estimate of drug-likeness (QED) is 0.0222. The summed E-state index contributed by atoms with van der Waals surface area (Å²) in [6.45, 7) is 14.2. The molecule has 3 N–H and O–H groups in total. The smallest absolute Gasteiger partial charge is 0.462 e. The van der Waals surface area contributed by atoms with E-state index in [2.05, 4.69) is 55.4 Å². The summed E-state index contributed by atoms with van der Waals surface area (Å²) in [4.78, 5) is 72.7. The largest absolute Gasteiger partial charge is 0.472 e. The number of unbranched alkanes of at least 4 members (excludes halogenated alkanes) is 35. The molecule has 17 nitrogen and oxygen atoms in total. The number of rotatable bonds is 71. The molecule has 93 heavy (non-hydrogen) atoms. The molecule has 19 heteroatoms. The third-order valence-corrected chi connectivity index (χ3v) is 19.7. The Balaban J connectivity index is 5.24. The van der Waals surface area contributed by atoms with Crippen LogP contribution in [0.15, 0.2) is 0 Å². The van der Waals surface area contributed by atoms with Crippen molar-refractivity contribution >= 4 is 39.5 Å². The highest BCUT2D eigenvalue weighted by atomic mass is 31.2. The molecule has 0 bridgehead atoms. The second-order valence-corrected chi connectivity index (χ2v) is 31.0. The first-order valence-electron chi connectivity index (χ1n) is 38.3. The van der Waals surface area contributed by atoms with Gasteiger partial charge in [-0.3, -0.25) is 37.3 Å². The van der Waals surface area contributed by atoms with E-state index in [0.29, 0.717) is 25.7 Å². The number of carbonyl (C=O) groups excluding carboxylic acids is 4. The van der Waals surface area contributed by atoms with Gasteiger partial charge in [0.2, 0.25) is 0 Å². The van der Waals surface area contributed by atoms with E-state index in [1.54, 1.807) is 0 Å². The number of phosphoric ester groups is 2. The van der Waals surface area contributed by atoms with Crippen LogP contribution in [-0.2, 0) is 65.4 Å². The van der Waals surface area contributed by atoms with E-state index in [-0.39, 0.29) is 25.7 Å². The molecule has 0 fully saturated rings. The highest BCUT2D eigenvalue weighted by Gasteiger charge is 2.30. The van der Waals surface area contributed by atoms with Gasteiger partial charge in [-0.25, -0.2) is 9.13 Å². The van der Waals surface area contributed by atoms with Crippen LogP contribution in [0, 0.1) is 23.7 Å². The molecule has 0 aromatic heterocycles. The summed E-state index contributed by atoms with van der Waals surface area (Å²) >= 11 is 0. The molecule has 0 heterocycles. The maximum atomic E-state index is 13.1. The summed E-state index contributed by atoms with van der Waals surface area (Å²) in [5.74, 6) is 0.943. The molecule has 0 radical (unpaired) electrons. The lowest BCUT2D eigenvalue weighted by Crippen LogP contribution is -2.30. The first kappa shape index (κ1) is 91.1. The fourth-order valence-corrected chi connectivity index (χ4v) is 12.7. The number of hydrogen-bond donors (Lipinski definition) is 3. The lowest BCUT2D eigenvalue weighted by molar-refractivity contribution is -0.161. The van der Waals surface area contributed by atoms with E-state index in [1.165, 1.54) is 167 Å². The Bertz CT molecular complexity index is 1840. The van der Waals surface area contributed by atoms with Gasteiger partial charge >= 0.3 is 39.5 Å². The van der Waals surface area contributed by atoms with Crippen molar-refractivity contribution in [3.63, 3.8) is 0 Å². The standard InChI is InChI=1S/C74H144O17P2/c1-9-66(7)52-44-36-28-21-17-13-11-12-14-18-22-30-40-48-56-73(78)90-69(60-84-71(76)54-46-38-29-25-24-27-35-43-51-65(5)6)62-88-92(80,81)86-58-68(75)59-87-93(82,83)89-63-70(61-85-72(77)55-47-39-33-32-37-45-53-67(8)10-2)91-74(79)57-49-41-31-23-19-15-16-20-26-34-42-50-64(3)4/h64-70,75H,9-63H2,1-8H3,(H,80,81)(H,82,83)/t66?,67?,68-,69-,70-/m1/s1. The fourth-order valence-electron chi connectivity index (χ4n) is 11.1. The van der Waals surface area contributed by atoms with Crippen molar-refractivity contribution in [2.75, 3.05) is 39.6 Å². The summed E-state index contributed by atoms with van der Waals surface area (Å²) in [6.07, 6.45) is 47.2. The number of aliphatic hydroxyl groups excluding tert-OH is 1. The van der Waals surface area contributed by atoms with Gasteiger partial charge in [-0.15, -0.1) is 0 Å². The zero-order valence-electron chi connectivity index (χ0n) is 60.9. The highest BCUT2D eigenvalue weighted by molar-refractivity contribution is 7.47. The van der Waals surface area contributed by atoms with Gasteiger partial charge < -0.3 is 33.8 Å². The van der Waals surface area contributed by atoms with Gasteiger partial charge in [0.15, 0.2) is 12.2 Å². The molecule has 0 aliphatic carbocycles. The van der Waals surface area contributed by atoms with E-state index >= 15 is 0 Å². The van der Waals surface area contributed by atoms with Gasteiger partial charge in [0.25, 0.3) is 0 Å². The highest BCUT2D eigenvalue weighted by Crippen LogP contribution is 2.45.